The van der Waals surface area contributed by atoms with Gasteiger partial charge < -0.3 is 10.8 Å². The molecule has 21 heavy (non-hydrogen) atoms. The van der Waals surface area contributed by atoms with Gasteiger partial charge in [0.2, 0.25) is 5.91 Å². The molecule has 7 heteroatoms. The Bertz CT molecular complexity index is 780. The average molecular weight is 287 g/mol. The fraction of sp³-hybridized carbons (Fsp3) is 0.143. The first kappa shape index (κ1) is 14.4. The summed E-state index contributed by atoms with van der Waals surface area (Å²) in [5, 5.41) is 12.7. The predicted molar refractivity (Wildman–Crippen MR) is 74.3 cm³/mol. The van der Waals surface area contributed by atoms with Gasteiger partial charge in [0.15, 0.2) is 5.69 Å². The van der Waals surface area contributed by atoms with Crippen LogP contribution in [0.15, 0.2) is 35.1 Å². The van der Waals surface area contributed by atoms with Crippen molar-refractivity contribution < 1.29 is 14.7 Å². The number of rotatable bonds is 4. The standard InChI is InChI=1S/C14H13N3O4/c1-8-6-9(13(15)19)2-3-10(8)7-17-12(18)5-4-11(16-17)14(20)21/h2-6H,7H2,1H3,(H2,15,19)(H,20,21). The highest BCUT2D eigenvalue weighted by atomic mass is 16.4. The number of hydrogen-bond acceptors (Lipinski definition) is 4. The molecule has 0 unspecified atom stereocenters. The van der Waals surface area contributed by atoms with Crippen LogP contribution in [0.25, 0.3) is 0 Å². The van der Waals surface area contributed by atoms with E-state index in [-0.39, 0.29) is 12.2 Å². The highest BCUT2D eigenvalue weighted by Crippen LogP contribution is 2.11. The first-order valence-electron chi connectivity index (χ1n) is 6.09. The fourth-order valence-electron chi connectivity index (χ4n) is 1.86. The quantitative estimate of drug-likeness (QED) is 0.844. The summed E-state index contributed by atoms with van der Waals surface area (Å²) in [5.41, 5.74) is 6.46. The zero-order chi connectivity index (χ0) is 15.6. The summed E-state index contributed by atoms with van der Waals surface area (Å²) in [6.07, 6.45) is 0. The van der Waals surface area contributed by atoms with Crippen LogP contribution in [-0.2, 0) is 6.54 Å². The number of carbonyl (C=O) groups excluding carboxylic acids is 1. The van der Waals surface area contributed by atoms with Crippen LogP contribution in [0, 0.1) is 6.92 Å². The third-order valence-electron chi connectivity index (χ3n) is 3.03. The molecule has 1 amide bonds. The Morgan fingerprint density at radius 3 is 2.57 bits per heavy atom. The summed E-state index contributed by atoms with van der Waals surface area (Å²) < 4.78 is 1.07. The third-order valence-corrected chi connectivity index (χ3v) is 3.03. The average Bonchev–Trinajstić information content (AvgIpc) is 2.42. The number of carboxylic acid groups (broad SMARTS) is 1. The zero-order valence-corrected chi connectivity index (χ0v) is 11.2. The van der Waals surface area contributed by atoms with E-state index in [1.54, 1.807) is 25.1 Å². The first-order chi connectivity index (χ1) is 9.88. The molecule has 1 aromatic carbocycles. The lowest BCUT2D eigenvalue weighted by Gasteiger charge is -2.09. The summed E-state index contributed by atoms with van der Waals surface area (Å²) in [6, 6.07) is 7.14. The molecular weight excluding hydrogens is 274 g/mol. The van der Waals surface area contributed by atoms with Crippen molar-refractivity contribution in [3.05, 3.63) is 63.1 Å². The Morgan fingerprint density at radius 1 is 1.29 bits per heavy atom. The molecule has 0 fully saturated rings. The van der Waals surface area contributed by atoms with Crippen LogP contribution in [0.3, 0.4) is 0 Å². The van der Waals surface area contributed by atoms with Gasteiger partial charge in [0, 0.05) is 11.6 Å². The van der Waals surface area contributed by atoms with Crippen LogP contribution in [-0.4, -0.2) is 26.8 Å². The van der Waals surface area contributed by atoms with Gasteiger partial charge in [-0.2, -0.15) is 5.10 Å². The largest absolute Gasteiger partial charge is 0.476 e. The van der Waals surface area contributed by atoms with E-state index in [4.69, 9.17) is 10.8 Å². The van der Waals surface area contributed by atoms with Crippen LogP contribution in [0.4, 0.5) is 0 Å². The molecule has 0 aliphatic rings. The second kappa shape index (κ2) is 5.58. The van der Waals surface area contributed by atoms with Crippen molar-refractivity contribution >= 4 is 11.9 Å². The topological polar surface area (TPSA) is 115 Å². The third kappa shape index (κ3) is 3.14. The molecule has 1 aromatic heterocycles. The van der Waals surface area contributed by atoms with Gasteiger partial charge in [-0.05, 0) is 36.2 Å². The maximum absolute atomic E-state index is 11.7. The molecule has 0 bridgehead atoms. The molecule has 0 saturated carbocycles. The Balaban J connectivity index is 2.38. The SMILES string of the molecule is Cc1cc(C(N)=O)ccc1Cn1nc(C(=O)O)ccc1=O. The number of amides is 1. The van der Waals surface area contributed by atoms with Gasteiger partial charge in [-0.15, -0.1) is 0 Å². The van der Waals surface area contributed by atoms with Crippen molar-refractivity contribution in [2.75, 3.05) is 0 Å². The maximum Gasteiger partial charge on any atom is 0.356 e. The predicted octanol–water partition coefficient (Wildman–Crippen LogP) is 0.397. The lowest BCUT2D eigenvalue weighted by atomic mass is 10.0. The van der Waals surface area contributed by atoms with E-state index >= 15 is 0 Å². The van der Waals surface area contributed by atoms with Crippen LogP contribution in [0.2, 0.25) is 0 Å². The summed E-state index contributed by atoms with van der Waals surface area (Å²) >= 11 is 0. The van der Waals surface area contributed by atoms with Gasteiger partial charge in [0.05, 0.1) is 6.54 Å². The molecule has 0 atom stereocenters. The van der Waals surface area contributed by atoms with E-state index in [0.29, 0.717) is 5.56 Å². The van der Waals surface area contributed by atoms with Gasteiger partial charge in [0.25, 0.3) is 5.56 Å². The minimum absolute atomic E-state index is 0.116. The van der Waals surface area contributed by atoms with Gasteiger partial charge in [-0.25, -0.2) is 9.48 Å². The van der Waals surface area contributed by atoms with E-state index in [1.165, 1.54) is 0 Å². The Hall–Kier alpha value is -2.96. The number of carboxylic acids is 1. The van der Waals surface area contributed by atoms with Gasteiger partial charge in [-0.1, -0.05) is 6.07 Å². The highest BCUT2D eigenvalue weighted by Gasteiger charge is 2.09. The number of nitrogens with two attached hydrogens (primary N) is 1. The molecular formula is C14H13N3O4. The van der Waals surface area contributed by atoms with Crippen LogP contribution in [0.1, 0.15) is 32.0 Å². The zero-order valence-electron chi connectivity index (χ0n) is 11.2. The van der Waals surface area contributed by atoms with E-state index in [2.05, 4.69) is 5.10 Å². The number of aromatic carboxylic acids is 1. The molecule has 2 rings (SSSR count). The molecule has 3 N–H and O–H groups in total. The van der Waals surface area contributed by atoms with E-state index in [1.807, 2.05) is 0 Å². The van der Waals surface area contributed by atoms with Crippen LogP contribution < -0.4 is 11.3 Å². The van der Waals surface area contributed by atoms with Crippen molar-refractivity contribution in [1.29, 1.82) is 0 Å². The Kier molecular flexibility index (Phi) is 3.84. The number of aromatic nitrogens is 2. The van der Waals surface area contributed by atoms with Crippen molar-refractivity contribution in [3.63, 3.8) is 0 Å². The summed E-state index contributed by atoms with van der Waals surface area (Å²) in [7, 11) is 0. The molecule has 0 radical (unpaired) electrons. The highest BCUT2D eigenvalue weighted by molar-refractivity contribution is 5.93. The van der Waals surface area contributed by atoms with E-state index in [0.717, 1.165) is 27.9 Å². The van der Waals surface area contributed by atoms with Crippen molar-refractivity contribution in [1.82, 2.24) is 9.78 Å². The molecule has 0 aliphatic carbocycles. The first-order valence-corrected chi connectivity index (χ1v) is 6.09. The smallest absolute Gasteiger partial charge is 0.356 e. The summed E-state index contributed by atoms with van der Waals surface area (Å²) in [4.78, 5) is 33.7. The van der Waals surface area contributed by atoms with Gasteiger partial charge in [0.1, 0.15) is 0 Å². The van der Waals surface area contributed by atoms with E-state index in [9.17, 15) is 14.4 Å². The van der Waals surface area contributed by atoms with Gasteiger partial charge >= 0.3 is 5.97 Å². The minimum Gasteiger partial charge on any atom is -0.476 e. The summed E-state index contributed by atoms with van der Waals surface area (Å²) in [6.45, 7) is 1.89. The summed E-state index contributed by atoms with van der Waals surface area (Å²) in [5.74, 6) is -1.74. The van der Waals surface area contributed by atoms with Crippen LogP contribution in [0.5, 0.6) is 0 Å². The van der Waals surface area contributed by atoms with Crippen LogP contribution >= 0.6 is 0 Å². The fourth-order valence-corrected chi connectivity index (χ4v) is 1.86. The molecule has 0 saturated heterocycles. The molecule has 2 aromatic rings. The second-order valence-electron chi connectivity index (χ2n) is 4.53. The number of hydrogen-bond donors (Lipinski definition) is 2. The number of primary amides is 1. The number of aryl methyl sites for hydroxylation is 1. The molecule has 7 nitrogen and oxygen atoms in total. The Morgan fingerprint density at radius 2 is 2.00 bits per heavy atom. The normalized spacial score (nSPS) is 10.3. The lowest BCUT2D eigenvalue weighted by molar-refractivity contribution is 0.0687. The van der Waals surface area contributed by atoms with E-state index < -0.39 is 17.4 Å². The number of carbonyl (C=O) groups is 2. The lowest BCUT2D eigenvalue weighted by Crippen LogP contribution is -2.25. The molecule has 0 aliphatic heterocycles. The monoisotopic (exact) mass is 287 g/mol. The minimum atomic E-state index is -1.20. The number of benzene rings is 1. The molecule has 0 spiro atoms. The van der Waals surface area contributed by atoms with Gasteiger partial charge in [-0.3, -0.25) is 9.59 Å². The Labute approximate surface area is 119 Å². The molecule has 108 valence electrons. The maximum atomic E-state index is 11.7. The number of nitrogens with zero attached hydrogens (tertiary/aromatic N) is 2. The van der Waals surface area contributed by atoms with Crippen molar-refractivity contribution in [2.45, 2.75) is 13.5 Å². The second-order valence-corrected chi connectivity index (χ2v) is 4.53. The van der Waals surface area contributed by atoms with Crippen molar-refractivity contribution in [3.8, 4) is 0 Å². The van der Waals surface area contributed by atoms with Crippen molar-refractivity contribution in [2.24, 2.45) is 5.73 Å². The molecule has 1 heterocycles.